The van der Waals surface area contributed by atoms with Gasteiger partial charge < -0.3 is 14.8 Å². The van der Waals surface area contributed by atoms with E-state index in [2.05, 4.69) is 10.3 Å². The third-order valence-corrected chi connectivity index (χ3v) is 4.57. The molecule has 2 aromatic rings. The quantitative estimate of drug-likeness (QED) is 0.747. The minimum Gasteiger partial charge on any atom is -0.462 e. The van der Waals surface area contributed by atoms with Gasteiger partial charge in [0.05, 0.1) is 12.2 Å². The van der Waals surface area contributed by atoms with Crippen molar-refractivity contribution in [3.8, 4) is 0 Å². The standard InChI is InChI=1S/C18H20N2O5S/c1-4-12-11(3)26-16(15(12)18(23)24-5-2)20-14(21)10-25-17(22)13-8-6-7-9-19-13/h6-9H,4-5,10H2,1-3H3,(H,20,21). The van der Waals surface area contributed by atoms with Crippen molar-refractivity contribution in [1.82, 2.24) is 4.98 Å². The maximum atomic E-state index is 12.2. The van der Waals surface area contributed by atoms with E-state index in [-0.39, 0.29) is 12.3 Å². The van der Waals surface area contributed by atoms with Gasteiger partial charge >= 0.3 is 11.9 Å². The molecule has 0 saturated carbocycles. The fraction of sp³-hybridized carbons (Fsp3) is 0.333. The Balaban J connectivity index is 2.06. The highest BCUT2D eigenvalue weighted by atomic mass is 32.1. The van der Waals surface area contributed by atoms with Crippen LogP contribution in [0.25, 0.3) is 0 Å². The zero-order valence-corrected chi connectivity index (χ0v) is 15.6. The number of carbonyl (C=O) groups excluding carboxylic acids is 3. The molecule has 0 aliphatic rings. The Labute approximate surface area is 155 Å². The molecule has 0 unspecified atom stereocenters. The Kier molecular flexibility index (Phi) is 6.85. The van der Waals surface area contributed by atoms with Crippen molar-refractivity contribution in [3.63, 3.8) is 0 Å². The van der Waals surface area contributed by atoms with Crippen LogP contribution in [-0.4, -0.2) is 36.0 Å². The summed E-state index contributed by atoms with van der Waals surface area (Å²) in [4.78, 5) is 41.0. The van der Waals surface area contributed by atoms with Crippen molar-refractivity contribution in [2.45, 2.75) is 27.2 Å². The van der Waals surface area contributed by atoms with Gasteiger partial charge in [-0.2, -0.15) is 0 Å². The van der Waals surface area contributed by atoms with Crippen LogP contribution in [0.4, 0.5) is 5.00 Å². The Morgan fingerprint density at radius 1 is 1.15 bits per heavy atom. The average Bonchev–Trinajstić information content (AvgIpc) is 2.95. The number of thiophene rings is 1. The first kappa shape index (κ1) is 19.6. The molecular weight excluding hydrogens is 356 g/mol. The lowest BCUT2D eigenvalue weighted by Gasteiger charge is -2.08. The van der Waals surface area contributed by atoms with Crippen molar-refractivity contribution >= 4 is 34.2 Å². The molecule has 1 N–H and O–H groups in total. The summed E-state index contributed by atoms with van der Waals surface area (Å²) < 4.78 is 10.0. The Hall–Kier alpha value is -2.74. The normalized spacial score (nSPS) is 10.3. The maximum absolute atomic E-state index is 12.2. The number of nitrogens with zero attached hydrogens (tertiary/aromatic N) is 1. The number of hydrogen-bond donors (Lipinski definition) is 1. The number of pyridine rings is 1. The van der Waals surface area contributed by atoms with E-state index in [0.717, 1.165) is 10.4 Å². The lowest BCUT2D eigenvalue weighted by molar-refractivity contribution is -0.119. The predicted octanol–water partition coefficient (Wildman–Crippen LogP) is 2.99. The highest BCUT2D eigenvalue weighted by Crippen LogP contribution is 2.34. The highest BCUT2D eigenvalue weighted by molar-refractivity contribution is 7.16. The fourth-order valence-electron chi connectivity index (χ4n) is 2.36. The molecule has 0 radical (unpaired) electrons. The first-order valence-corrected chi connectivity index (χ1v) is 8.96. The van der Waals surface area contributed by atoms with Crippen LogP contribution in [-0.2, 0) is 20.7 Å². The molecule has 0 atom stereocenters. The van der Waals surface area contributed by atoms with Crippen LogP contribution in [0.5, 0.6) is 0 Å². The Morgan fingerprint density at radius 2 is 1.92 bits per heavy atom. The number of anilines is 1. The smallest absolute Gasteiger partial charge is 0.357 e. The van der Waals surface area contributed by atoms with Crippen LogP contribution in [0.1, 0.15) is 45.1 Å². The van der Waals surface area contributed by atoms with Gasteiger partial charge in [0.25, 0.3) is 5.91 Å². The van der Waals surface area contributed by atoms with E-state index < -0.39 is 24.5 Å². The molecule has 0 bridgehead atoms. The number of nitrogens with one attached hydrogen (secondary N) is 1. The molecule has 0 saturated heterocycles. The lowest BCUT2D eigenvalue weighted by Crippen LogP contribution is -2.22. The number of aromatic nitrogens is 1. The van der Waals surface area contributed by atoms with E-state index in [1.54, 1.807) is 19.1 Å². The van der Waals surface area contributed by atoms with Gasteiger partial charge in [-0.3, -0.25) is 4.79 Å². The summed E-state index contributed by atoms with van der Waals surface area (Å²) in [6.45, 7) is 5.29. The van der Waals surface area contributed by atoms with Gasteiger partial charge in [0.1, 0.15) is 10.7 Å². The number of aryl methyl sites for hydroxylation is 1. The van der Waals surface area contributed by atoms with Crippen LogP contribution >= 0.6 is 11.3 Å². The van der Waals surface area contributed by atoms with Gasteiger partial charge in [-0.1, -0.05) is 13.0 Å². The average molecular weight is 376 g/mol. The number of esters is 2. The van der Waals surface area contributed by atoms with E-state index in [4.69, 9.17) is 9.47 Å². The predicted molar refractivity (Wildman–Crippen MR) is 97.5 cm³/mol. The summed E-state index contributed by atoms with van der Waals surface area (Å²) in [5.41, 5.74) is 1.32. The summed E-state index contributed by atoms with van der Waals surface area (Å²) in [5, 5.41) is 3.03. The molecule has 138 valence electrons. The molecular formula is C18H20N2O5S. The monoisotopic (exact) mass is 376 g/mol. The van der Waals surface area contributed by atoms with Crippen molar-refractivity contribution in [2.24, 2.45) is 0 Å². The first-order chi connectivity index (χ1) is 12.5. The van der Waals surface area contributed by atoms with Crippen LogP contribution < -0.4 is 5.32 Å². The van der Waals surface area contributed by atoms with Gasteiger partial charge in [0.15, 0.2) is 6.61 Å². The zero-order chi connectivity index (χ0) is 19.1. The third-order valence-electron chi connectivity index (χ3n) is 3.50. The molecule has 0 fully saturated rings. The second kappa shape index (κ2) is 9.10. The first-order valence-electron chi connectivity index (χ1n) is 8.15. The largest absolute Gasteiger partial charge is 0.462 e. The van der Waals surface area contributed by atoms with Gasteiger partial charge in [-0.25, -0.2) is 14.6 Å². The van der Waals surface area contributed by atoms with Crippen LogP contribution in [0.2, 0.25) is 0 Å². The van der Waals surface area contributed by atoms with E-state index in [9.17, 15) is 14.4 Å². The summed E-state index contributed by atoms with van der Waals surface area (Å²) in [5.74, 6) is -1.71. The molecule has 0 aliphatic carbocycles. The summed E-state index contributed by atoms with van der Waals surface area (Å²) in [7, 11) is 0. The van der Waals surface area contributed by atoms with E-state index >= 15 is 0 Å². The minimum atomic E-state index is -0.692. The number of amides is 1. The Morgan fingerprint density at radius 3 is 2.54 bits per heavy atom. The molecule has 0 aromatic carbocycles. The van der Waals surface area contributed by atoms with Gasteiger partial charge in [0, 0.05) is 11.1 Å². The topological polar surface area (TPSA) is 94.6 Å². The fourth-order valence-corrected chi connectivity index (χ4v) is 3.51. The molecule has 0 aliphatic heterocycles. The van der Waals surface area contributed by atoms with Gasteiger partial charge in [0.2, 0.25) is 0 Å². The van der Waals surface area contributed by atoms with Crippen molar-refractivity contribution in [3.05, 3.63) is 46.1 Å². The molecule has 2 aromatic heterocycles. The number of ether oxygens (including phenoxy) is 2. The van der Waals surface area contributed by atoms with Gasteiger partial charge in [-0.05, 0) is 38.0 Å². The molecule has 7 nitrogen and oxygen atoms in total. The second-order valence-electron chi connectivity index (χ2n) is 5.25. The van der Waals surface area contributed by atoms with Crippen molar-refractivity contribution in [2.75, 3.05) is 18.5 Å². The van der Waals surface area contributed by atoms with Crippen molar-refractivity contribution in [1.29, 1.82) is 0 Å². The SMILES string of the molecule is CCOC(=O)c1c(NC(=O)COC(=O)c2ccccn2)sc(C)c1CC. The summed E-state index contributed by atoms with van der Waals surface area (Å²) in [6, 6.07) is 4.82. The van der Waals surface area contributed by atoms with Crippen LogP contribution in [0.15, 0.2) is 24.4 Å². The second-order valence-corrected chi connectivity index (χ2v) is 6.48. The lowest BCUT2D eigenvalue weighted by atomic mass is 10.1. The molecule has 1 amide bonds. The number of carbonyl (C=O) groups is 3. The Bertz CT molecular complexity index is 801. The number of hydrogen-bond acceptors (Lipinski definition) is 7. The molecule has 8 heteroatoms. The third kappa shape index (κ3) is 4.66. The summed E-state index contributed by atoms with van der Waals surface area (Å²) >= 11 is 1.29. The van der Waals surface area contributed by atoms with Crippen LogP contribution in [0.3, 0.4) is 0 Å². The number of rotatable bonds is 7. The van der Waals surface area contributed by atoms with Crippen molar-refractivity contribution < 1.29 is 23.9 Å². The highest BCUT2D eigenvalue weighted by Gasteiger charge is 2.23. The van der Waals surface area contributed by atoms with E-state index in [1.807, 2.05) is 13.8 Å². The van der Waals surface area contributed by atoms with E-state index in [0.29, 0.717) is 17.0 Å². The van der Waals surface area contributed by atoms with Crippen LogP contribution in [0, 0.1) is 6.92 Å². The van der Waals surface area contributed by atoms with Gasteiger partial charge in [-0.15, -0.1) is 11.3 Å². The molecule has 2 heterocycles. The zero-order valence-electron chi connectivity index (χ0n) is 14.8. The van der Waals surface area contributed by atoms with E-state index in [1.165, 1.54) is 23.6 Å². The minimum absolute atomic E-state index is 0.118. The molecule has 2 rings (SSSR count). The summed E-state index contributed by atoms with van der Waals surface area (Å²) in [6.07, 6.45) is 2.10. The molecule has 0 spiro atoms. The molecule has 26 heavy (non-hydrogen) atoms. The maximum Gasteiger partial charge on any atom is 0.357 e.